The number of hydrogen-bond donors (Lipinski definition) is 0. The van der Waals surface area contributed by atoms with Crippen LogP contribution in [-0.2, 0) is 16.0 Å². The lowest BCUT2D eigenvalue weighted by molar-refractivity contribution is -0.137. The first kappa shape index (κ1) is 10.6. The molecule has 1 aromatic heterocycles. The Hall–Kier alpha value is -0.870. The summed E-state index contributed by atoms with van der Waals surface area (Å²) in [6.07, 6.45) is 0.695. The van der Waals surface area contributed by atoms with Crippen molar-refractivity contribution in [2.45, 2.75) is 19.4 Å². The molecule has 0 saturated carbocycles. The van der Waals surface area contributed by atoms with Gasteiger partial charge in [-0.05, 0) is 29.3 Å². The Labute approximate surface area is 93.7 Å². The zero-order valence-corrected chi connectivity index (χ0v) is 9.63. The fraction of sp³-hybridized carbons (Fsp3) is 0.545. The summed E-state index contributed by atoms with van der Waals surface area (Å²) >= 11 is 1.63. The number of hydrogen-bond acceptors (Lipinski definition) is 3. The number of rotatable bonds is 2. The summed E-state index contributed by atoms with van der Waals surface area (Å²) in [4.78, 5) is 13.8. The Morgan fingerprint density at radius 1 is 1.73 bits per heavy atom. The number of nitrogens with zero attached hydrogens (tertiary/aromatic N) is 1. The molecule has 15 heavy (non-hydrogen) atoms. The molecule has 0 spiro atoms. The SMILES string of the molecule is CC1CN(C(=O)Cc2ccsc2)CCO1. The third kappa shape index (κ3) is 2.79. The molecule has 1 aromatic rings. The quantitative estimate of drug-likeness (QED) is 0.764. The van der Waals surface area contributed by atoms with Crippen molar-refractivity contribution in [3.63, 3.8) is 0 Å². The molecule has 0 radical (unpaired) electrons. The summed E-state index contributed by atoms with van der Waals surface area (Å²) < 4.78 is 5.40. The Morgan fingerprint density at radius 3 is 3.27 bits per heavy atom. The maximum absolute atomic E-state index is 11.9. The van der Waals surface area contributed by atoms with Crippen LogP contribution < -0.4 is 0 Å². The summed E-state index contributed by atoms with van der Waals surface area (Å²) in [7, 11) is 0. The Kier molecular flexibility index (Phi) is 3.38. The predicted molar refractivity (Wildman–Crippen MR) is 60.0 cm³/mol. The molecule has 0 N–H and O–H groups in total. The molecular formula is C11H15NO2S. The minimum atomic E-state index is 0.171. The van der Waals surface area contributed by atoms with Gasteiger partial charge in [0.15, 0.2) is 0 Å². The highest BCUT2D eigenvalue weighted by molar-refractivity contribution is 7.07. The van der Waals surface area contributed by atoms with Gasteiger partial charge in [-0.3, -0.25) is 4.79 Å². The van der Waals surface area contributed by atoms with Gasteiger partial charge in [0, 0.05) is 13.1 Å². The lowest BCUT2D eigenvalue weighted by Gasteiger charge is -2.31. The van der Waals surface area contributed by atoms with Crippen LogP contribution in [0.15, 0.2) is 16.8 Å². The minimum absolute atomic E-state index is 0.171. The highest BCUT2D eigenvalue weighted by Gasteiger charge is 2.21. The van der Waals surface area contributed by atoms with Crippen LogP contribution in [0.3, 0.4) is 0 Å². The fourth-order valence-corrected chi connectivity index (χ4v) is 2.39. The summed E-state index contributed by atoms with van der Waals surface area (Å²) in [6, 6.07) is 2.01. The third-order valence-corrected chi connectivity index (χ3v) is 3.26. The molecule has 2 heterocycles. The number of thiophene rings is 1. The standard InChI is InChI=1S/C11H15NO2S/c1-9-7-12(3-4-14-9)11(13)6-10-2-5-15-8-10/h2,5,8-9H,3-4,6-7H2,1H3. The molecular weight excluding hydrogens is 210 g/mol. The molecule has 0 aliphatic carbocycles. The molecule has 1 saturated heterocycles. The fourth-order valence-electron chi connectivity index (χ4n) is 1.72. The van der Waals surface area contributed by atoms with E-state index in [1.165, 1.54) is 0 Å². The number of carbonyl (C=O) groups is 1. The van der Waals surface area contributed by atoms with E-state index >= 15 is 0 Å². The largest absolute Gasteiger partial charge is 0.375 e. The predicted octanol–water partition coefficient (Wildman–Crippen LogP) is 1.54. The maximum Gasteiger partial charge on any atom is 0.227 e. The van der Waals surface area contributed by atoms with Gasteiger partial charge in [0.2, 0.25) is 5.91 Å². The van der Waals surface area contributed by atoms with Crippen LogP contribution in [0, 0.1) is 0 Å². The maximum atomic E-state index is 11.9. The van der Waals surface area contributed by atoms with E-state index in [9.17, 15) is 4.79 Å². The first-order chi connectivity index (χ1) is 7.25. The lowest BCUT2D eigenvalue weighted by atomic mass is 10.2. The Bertz CT molecular complexity index is 323. The molecule has 1 atom stereocenters. The van der Waals surface area contributed by atoms with Crippen LogP contribution in [0.1, 0.15) is 12.5 Å². The minimum Gasteiger partial charge on any atom is -0.375 e. The van der Waals surface area contributed by atoms with Crippen LogP contribution in [0.5, 0.6) is 0 Å². The molecule has 82 valence electrons. The molecule has 0 aromatic carbocycles. The lowest BCUT2D eigenvalue weighted by Crippen LogP contribution is -2.45. The highest BCUT2D eigenvalue weighted by atomic mass is 32.1. The smallest absolute Gasteiger partial charge is 0.227 e. The van der Waals surface area contributed by atoms with E-state index in [-0.39, 0.29) is 12.0 Å². The summed E-state index contributed by atoms with van der Waals surface area (Å²) in [5.74, 6) is 0.212. The van der Waals surface area contributed by atoms with Gasteiger partial charge in [-0.1, -0.05) is 0 Å². The van der Waals surface area contributed by atoms with E-state index in [0.717, 1.165) is 18.7 Å². The topological polar surface area (TPSA) is 29.5 Å². The number of carbonyl (C=O) groups excluding carboxylic acids is 1. The van der Waals surface area contributed by atoms with Gasteiger partial charge in [0.05, 0.1) is 19.1 Å². The highest BCUT2D eigenvalue weighted by Crippen LogP contribution is 2.10. The molecule has 1 aliphatic heterocycles. The second kappa shape index (κ2) is 4.77. The van der Waals surface area contributed by atoms with Gasteiger partial charge >= 0.3 is 0 Å². The van der Waals surface area contributed by atoms with Gasteiger partial charge < -0.3 is 9.64 Å². The van der Waals surface area contributed by atoms with Crippen LogP contribution in [0.2, 0.25) is 0 Å². The van der Waals surface area contributed by atoms with Crippen molar-refractivity contribution in [1.82, 2.24) is 4.90 Å². The summed E-state index contributed by atoms with van der Waals surface area (Å²) in [6.45, 7) is 4.12. The van der Waals surface area contributed by atoms with Crippen molar-refractivity contribution in [1.29, 1.82) is 0 Å². The van der Waals surface area contributed by atoms with Gasteiger partial charge in [-0.15, -0.1) is 0 Å². The van der Waals surface area contributed by atoms with Crippen LogP contribution in [0.25, 0.3) is 0 Å². The van der Waals surface area contributed by atoms with Crippen molar-refractivity contribution in [2.24, 2.45) is 0 Å². The van der Waals surface area contributed by atoms with Crippen molar-refractivity contribution in [3.8, 4) is 0 Å². The summed E-state index contributed by atoms with van der Waals surface area (Å²) in [5, 5.41) is 4.03. The first-order valence-corrected chi connectivity index (χ1v) is 6.10. The summed E-state index contributed by atoms with van der Waals surface area (Å²) in [5.41, 5.74) is 1.11. The van der Waals surface area contributed by atoms with Gasteiger partial charge in [0.25, 0.3) is 0 Å². The molecule has 1 aliphatic rings. The molecule has 1 unspecified atom stereocenters. The molecule has 0 bridgehead atoms. The number of amides is 1. The van der Waals surface area contributed by atoms with E-state index in [2.05, 4.69) is 0 Å². The van der Waals surface area contributed by atoms with Crippen molar-refractivity contribution in [3.05, 3.63) is 22.4 Å². The zero-order chi connectivity index (χ0) is 10.7. The van der Waals surface area contributed by atoms with Crippen molar-refractivity contribution < 1.29 is 9.53 Å². The molecule has 2 rings (SSSR count). The second-order valence-electron chi connectivity index (χ2n) is 3.83. The van der Waals surface area contributed by atoms with Gasteiger partial charge in [-0.25, -0.2) is 0 Å². The van der Waals surface area contributed by atoms with E-state index < -0.39 is 0 Å². The molecule has 1 fully saturated rings. The van der Waals surface area contributed by atoms with E-state index in [1.807, 2.05) is 28.7 Å². The average molecular weight is 225 g/mol. The molecule has 1 amide bonds. The normalized spacial score (nSPS) is 21.7. The molecule has 4 heteroatoms. The average Bonchev–Trinajstić information content (AvgIpc) is 2.70. The zero-order valence-electron chi connectivity index (χ0n) is 8.81. The Balaban J connectivity index is 1.90. The van der Waals surface area contributed by atoms with E-state index in [0.29, 0.717) is 13.0 Å². The van der Waals surface area contributed by atoms with Gasteiger partial charge in [0.1, 0.15) is 0 Å². The number of ether oxygens (including phenoxy) is 1. The third-order valence-electron chi connectivity index (χ3n) is 2.53. The van der Waals surface area contributed by atoms with E-state index in [1.54, 1.807) is 11.3 Å². The van der Waals surface area contributed by atoms with Gasteiger partial charge in [-0.2, -0.15) is 11.3 Å². The second-order valence-corrected chi connectivity index (χ2v) is 4.61. The van der Waals surface area contributed by atoms with E-state index in [4.69, 9.17) is 4.74 Å². The van der Waals surface area contributed by atoms with Crippen LogP contribution in [0.4, 0.5) is 0 Å². The monoisotopic (exact) mass is 225 g/mol. The number of morpholine rings is 1. The Morgan fingerprint density at radius 2 is 2.60 bits per heavy atom. The first-order valence-electron chi connectivity index (χ1n) is 5.16. The molecule has 3 nitrogen and oxygen atoms in total. The van der Waals surface area contributed by atoms with Crippen molar-refractivity contribution >= 4 is 17.2 Å². The van der Waals surface area contributed by atoms with Crippen LogP contribution in [-0.4, -0.2) is 36.6 Å². The van der Waals surface area contributed by atoms with Crippen molar-refractivity contribution in [2.75, 3.05) is 19.7 Å². The van der Waals surface area contributed by atoms with Crippen LogP contribution >= 0.6 is 11.3 Å².